The van der Waals surface area contributed by atoms with Gasteiger partial charge < -0.3 is 0 Å². The van der Waals surface area contributed by atoms with Gasteiger partial charge in [-0.05, 0) is 58.7 Å². The molecule has 1 fully saturated rings. The summed E-state index contributed by atoms with van der Waals surface area (Å²) < 4.78 is 41.7. The zero-order valence-electron chi connectivity index (χ0n) is 22.0. The first-order chi connectivity index (χ1) is 18.8. The number of nitrogens with zero attached hydrogens (tertiary/aromatic N) is 6. The highest BCUT2D eigenvalue weighted by atomic mass is 19.4. The van der Waals surface area contributed by atoms with Gasteiger partial charge >= 0.3 is 6.18 Å². The molecule has 0 radical (unpaired) electrons. The maximum Gasteiger partial charge on any atom is 0.416 e. The van der Waals surface area contributed by atoms with E-state index in [-0.39, 0.29) is 0 Å². The van der Waals surface area contributed by atoms with Crippen LogP contribution in [0, 0.1) is 13.8 Å². The van der Waals surface area contributed by atoms with Crippen LogP contribution in [0.2, 0.25) is 0 Å². The van der Waals surface area contributed by atoms with Crippen molar-refractivity contribution in [1.82, 2.24) is 30.0 Å². The van der Waals surface area contributed by atoms with Crippen LogP contribution in [0.4, 0.5) is 13.2 Å². The van der Waals surface area contributed by atoms with Crippen LogP contribution in [0.15, 0.2) is 78.9 Å². The largest absolute Gasteiger partial charge is 0.416 e. The topological polar surface area (TPSA) is 50.1 Å². The van der Waals surface area contributed by atoms with Gasteiger partial charge in [0.25, 0.3) is 0 Å². The van der Waals surface area contributed by atoms with E-state index in [2.05, 4.69) is 49.6 Å². The molecule has 2 heterocycles. The number of aryl methyl sites for hydroxylation is 2. The molecule has 1 saturated heterocycles. The van der Waals surface area contributed by atoms with Crippen molar-refractivity contribution >= 4 is 6.08 Å². The van der Waals surface area contributed by atoms with Gasteiger partial charge in [0.1, 0.15) is 0 Å². The molecule has 0 saturated carbocycles. The Morgan fingerprint density at radius 1 is 0.846 bits per heavy atom. The highest BCUT2D eigenvalue weighted by molar-refractivity contribution is 5.49. The third-order valence-corrected chi connectivity index (χ3v) is 7.19. The maximum absolute atomic E-state index is 13.3. The lowest BCUT2D eigenvalue weighted by Gasteiger charge is -2.38. The quantitative estimate of drug-likeness (QED) is 0.305. The molecule has 0 aliphatic carbocycles. The van der Waals surface area contributed by atoms with Crippen LogP contribution in [0.5, 0.6) is 0 Å². The Hall–Kier alpha value is -3.82. The number of rotatable bonds is 7. The van der Waals surface area contributed by atoms with Gasteiger partial charge in [0.15, 0.2) is 5.82 Å². The summed E-state index contributed by atoms with van der Waals surface area (Å²) >= 11 is 0. The van der Waals surface area contributed by atoms with Gasteiger partial charge in [-0.2, -0.15) is 17.9 Å². The van der Waals surface area contributed by atoms with Crippen molar-refractivity contribution in [3.63, 3.8) is 0 Å². The van der Waals surface area contributed by atoms with Crippen LogP contribution in [-0.4, -0.2) is 62.7 Å². The summed E-state index contributed by atoms with van der Waals surface area (Å²) in [4.78, 5) is 4.63. The Labute approximate surface area is 226 Å². The Morgan fingerprint density at radius 3 is 2.15 bits per heavy atom. The molecular weight excluding hydrogens is 501 g/mol. The lowest BCUT2D eigenvalue weighted by atomic mass is 10.0. The predicted octanol–water partition coefficient (Wildman–Crippen LogP) is 5.72. The first kappa shape index (κ1) is 26.8. The first-order valence-corrected chi connectivity index (χ1v) is 13.0. The maximum atomic E-state index is 13.3. The number of aromatic nitrogens is 4. The van der Waals surface area contributed by atoms with E-state index in [0.29, 0.717) is 5.82 Å². The summed E-state index contributed by atoms with van der Waals surface area (Å²) in [5.74, 6) is 0.588. The lowest BCUT2D eigenvalue weighted by Crippen LogP contribution is -2.48. The minimum absolute atomic E-state index is 0.400. The molecule has 0 bridgehead atoms. The van der Waals surface area contributed by atoms with Crippen LogP contribution in [0.25, 0.3) is 11.8 Å². The molecule has 0 spiro atoms. The second kappa shape index (κ2) is 11.5. The number of halogens is 3. The Bertz CT molecular complexity index is 1380. The molecule has 202 valence electrons. The molecule has 3 aromatic carbocycles. The molecule has 0 N–H and O–H groups in total. The third kappa shape index (κ3) is 6.10. The zero-order valence-corrected chi connectivity index (χ0v) is 22.0. The molecule has 1 unspecified atom stereocenters. The van der Waals surface area contributed by atoms with E-state index in [1.165, 1.54) is 0 Å². The van der Waals surface area contributed by atoms with E-state index in [1.54, 1.807) is 16.8 Å². The van der Waals surface area contributed by atoms with Crippen LogP contribution in [0.3, 0.4) is 0 Å². The predicted molar refractivity (Wildman–Crippen MR) is 145 cm³/mol. The standard InChI is InChI=1S/C30H31F3N6/c1-22-8-6-9-23(2)27(22)39-29(34-35-36-39)28(25-13-15-26(16-14-25)30(31,32)33)38-20-18-37(19-21-38)17-7-12-24-10-4-3-5-11-24/h3-16,28H,17-21H2,1-2H3. The van der Waals surface area contributed by atoms with Gasteiger partial charge in [0, 0.05) is 32.7 Å². The summed E-state index contributed by atoms with van der Waals surface area (Å²) in [6.07, 6.45) is -0.108. The molecule has 6 nitrogen and oxygen atoms in total. The summed E-state index contributed by atoms with van der Waals surface area (Å²) in [6.45, 7) is 7.93. The van der Waals surface area contributed by atoms with Crippen molar-refractivity contribution in [2.75, 3.05) is 32.7 Å². The number of benzene rings is 3. The number of tetrazole rings is 1. The molecule has 0 amide bonds. The fourth-order valence-corrected chi connectivity index (χ4v) is 5.15. The fraction of sp³-hybridized carbons (Fsp3) is 0.300. The monoisotopic (exact) mass is 532 g/mol. The Morgan fingerprint density at radius 2 is 1.51 bits per heavy atom. The zero-order chi connectivity index (χ0) is 27.4. The van der Waals surface area contributed by atoms with Crippen LogP contribution in [-0.2, 0) is 6.18 Å². The van der Waals surface area contributed by atoms with E-state index < -0.39 is 17.8 Å². The summed E-state index contributed by atoms with van der Waals surface area (Å²) in [7, 11) is 0. The van der Waals surface area contributed by atoms with Crippen LogP contribution in [0.1, 0.15) is 39.7 Å². The normalized spacial score (nSPS) is 16.1. The van der Waals surface area contributed by atoms with Gasteiger partial charge in [-0.15, -0.1) is 5.10 Å². The second-order valence-corrected chi connectivity index (χ2v) is 9.86. The minimum atomic E-state index is -4.40. The van der Waals surface area contributed by atoms with Crippen molar-refractivity contribution in [3.8, 4) is 5.69 Å². The molecule has 1 aromatic heterocycles. The van der Waals surface area contributed by atoms with Crippen molar-refractivity contribution in [2.24, 2.45) is 0 Å². The molecule has 4 aromatic rings. The van der Waals surface area contributed by atoms with Crippen molar-refractivity contribution in [1.29, 1.82) is 0 Å². The first-order valence-electron chi connectivity index (χ1n) is 13.0. The molecule has 9 heteroatoms. The highest BCUT2D eigenvalue weighted by Gasteiger charge is 2.34. The molecule has 1 atom stereocenters. The average molecular weight is 533 g/mol. The fourth-order valence-electron chi connectivity index (χ4n) is 5.15. The highest BCUT2D eigenvalue weighted by Crippen LogP contribution is 2.34. The lowest BCUT2D eigenvalue weighted by molar-refractivity contribution is -0.137. The van der Waals surface area contributed by atoms with E-state index in [4.69, 9.17) is 0 Å². The number of hydrogen-bond acceptors (Lipinski definition) is 5. The SMILES string of the molecule is Cc1cccc(C)c1-n1nnnc1C(c1ccc(C(F)(F)F)cc1)N1CCN(CC=Cc2ccccc2)CC1. The number of alkyl halides is 3. The van der Waals surface area contributed by atoms with Crippen molar-refractivity contribution in [2.45, 2.75) is 26.1 Å². The van der Waals surface area contributed by atoms with Gasteiger partial charge in [-0.25, -0.2) is 0 Å². The smallest absolute Gasteiger partial charge is 0.297 e. The number of piperazine rings is 1. The minimum Gasteiger partial charge on any atom is -0.297 e. The third-order valence-electron chi connectivity index (χ3n) is 7.19. The Kier molecular flexibility index (Phi) is 7.90. The average Bonchev–Trinajstić information content (AvgIpc) is 3.39. The van der Waals surface area contributed by atoms with E-state index in [1.807, 2.05) is 50.2 Å². The molecular formula is C30H31F3N6. The van der Waals surface area contributed by atoms with Gasteiger partial charge in [-0.1, -0.05) is 72.8 Å². The summed E-state index contributed by atoms with van der Waals surface area (Å²) in [5, 5.41) is 12.7. The van der Waals surface area contributed by atoms with Crippen molar-refractivity contribution < 1.29 is 13.2 Å². The number of hydrogen-bond donors (Lipinski definition) is 0. The molecule has 5 rings (SSSR count). The van der Waals surface area contributed by atoms with Crippen molar-refractivity contribution in [3.05, 3.63) is 113 Å². The van der Waals surface area contributed by atoms with Crippen LogP contribution < -0.4 is 0 Å². The summed E-state index contributed by atoms with van der Waals surface area (Å²) in [5.41, 5.74) is 4.14. The van der Waals surface area contributed by atoms with E-state index in [0.717, 1.165) is 72.8 Å². The van der Waals surface area contributed by atoms with Gasteiger partial charge in [-0.3, -0.25) is 9.80 Å². The van der Waals surface area contributed by atoms with Gasteiger partial charge in [0.2, 0.25) is 0 Å². The van der Waals surface area contributed by atoms with Gasteiger partial charge in [0.05, 0.1) is 17.3 Å². The van der Waals surface area contributed by atoms with E-state index in [9.17, 15) is 13.2 Å². The van der Waals surface area contributed by atoms with E-state index >= 15 is 0 Å². The summed E-state index contributed by atoms with van der Waals surface area (Å²) in [6, 6.07) is 21.1. The molecule has 39 heavy (non-hydrogen) atoms. The van der Waals surface area contributed by atoms with Crippen LogP contribution >= 0.6 is 0 Å². The number of para-hydroxylation sites is 1. The molecule has 1 aliphatic heterocycles. The Balaban J connectivity index is 1.42. The molecule has 1 aliphatic rings. The second-order valence-electron chi connectivity index (χ2n) is 9.86.